The monoisotopic (exact) mass is 234 g/mol. The van der Waals surface area contributed by atoms with Crippen molar-refractivity contribution in [1.29, 1.82) is 0 Å². The number of rotatable bonds is 5. The predicted molar refractivity (Wildman–Crippen MR) is 57.7 cm³/mol. The van der Waals surface area contributed by atoms with Gasteiger partial charge < -0.3 is 0 Å². The van der Waals surface area contributed by atoms with Gasteiger partial charge in [-0.2, -0.15) is 19.8 Å². The van der Waals surface area contributed by atoms with Gasteiger partial charge in [0.05, 0.1) is 6.61 Å². The third-order valence-electron chi connectivity index (χ3n) is 1.50. The van der Waals surface area contributed by atoms with E-state index in [1.54, 1.807) is 6.07 Å². The Labute approximate surface area is 88.8 Å². The van der Waals surface area contributed by atoms with E-state index in [-0.39, 0.29) is 18.3 Å². The molecule has 0 aromatic carbocycles. The Hall–Kier alpha value is -0.390. The van der Waals surface area contributed by atoms with Gasteiger partial charge >= 0.3 is 0 Å². The highest BCUT2D eigenvalue weighted by Gasteiger charge is 2.13. The summed E-state index contributed by atoms with van der Waals surface area (Å²) in [4.78, 5) is 0. The fraction of sp³-hybridized carbons (Fsp3) is 0.556. The molecule has 80 valence electrons. The van der Waals surface area contributed by atoms with Crippen LogP contribution in [0.2, 0.25) is 0 Å². The van der Waals surface area contributed by atoms with Crippen molar-refractivity contribution in [3.8, 4) is 0 Å². The van der Waals surface area contributed by atoms with Gasteiger partial charge in [0.25, 0.3) is 10.1 Å². The lowest BCUT2D eigenvalue weighted by Gasteiger charge is -2.06. The van der Waals surface area contributed by atoms with Crippen LogP contribution in [0.3, 0.4) is 0 Å². The topological polar surface area (TPSA) is 43.4 Å². The molecule has 0 bridgehead atoms. The molecule has 1 aromatic rings. The van der Waals surface area contributed by atoms with Crippen molar-refractivity contribution in [3.63, 3.8) is 0 Å². The summed E-state index contributed by atoms with van der Waals surface area (Å²) in [6.07, 6.45) is 0. The molecule has 14 heavy (non-hydrogen) atoms. The van der Waals surface area contributed by atoms with Gasteiger partial charge in [0.2, 0.25) is 0 Å². The Morgan fingerprint density at radius 2 is 2.21 bits per heavy atom. The van der Waals surface area contributed by atoms with Crippen LogP contribution >= 0.6 is 11.3 Å². The Morgan fingerprint density at radius 3 is 2.71 bits per heavy atom. The summed E-state index contributed by atoms with van der Waals surface area (Å²) in [7, 11) is -3.39. The molecule has 0 radical (unpaired) electrons. The maximum absolute atomic E-state index is 11.4. The molecule has 1 rings (SSSR count). The quantitative estimate of drug-likeness (QED) is 0.734. The van der Waals surface area contributed by atoms with Gasteiger partial charge in [-0.1, -0.05) is 13.8 Å². The van der Waals surface area contributed by atoms with Crippen LogP contribution in [0.4, 0.5) is 0 Å². The van der Waals surface area contributed by atoms with E-state index in [4.69, 9.17) is 4.18 Å². The molecule has 3 nitrogen and oxygen atoms in total. The highest BCUT2D eigenvalue weighted by Crippen LogP contribution is 2.12. The van der Waals surface area contributed by atoms with Crippen LogP contribution < -0.4 is 0 Å². The molecule has 0 unspecified atom stereocenters. The first kappa shape index (κ1) is 11.7. The zero-order valence-electron chi connectivity index (χ0n) is 8.26. The second-order valence-corrected chi connectivity index (χ2v) is 5.93. The Balaban J connectivity index is 2.51. The summed E-state index contributed by atoms with van der Waals surface area (Å²) in [5, 5.41) is 3.67. The zero-order chi connectivity index (χ0) is 10.6. The lowest BCUT2D eigenvalue weighted by atomic mass is 10.2. The van der Waals surface area contributed by atoms with Crippen LogP contribution in [0, 0.1) is 5.92 Å². The lowest BCUT2D eigenvalue weighted by Crippen LogP contribution is -2.12. The van der Waals surface area contributed by atoms with E-state index >= 15 is 0 Å². The van der Waals surface area contributed by atoms with Gasteiger partial charge in [-0.15, -0.1) is 0 Å². The Morgan fingerprint density at radius 1 is 1.50 bits per heavy atom. The summed E-state index contributed by atoms with van der Waals surface area (Å²) in [6, 6.07) is 1.79. The molecule has 0 aliphatic rings. The SMILES string of the molecule is CC(C)COS(=O)(=O)Cc1ccsc1. The molecule has 5 heteroatoms. The van der Waals surface area contributed by atoms with Gasteiger partial charge in [0.15, 0.2) is 0 Å². The molecule has 0 saturated heterocycles. The maximum Gasteiger partial charge on any atom is 0.271 e. The number of thiophene rings is 1. The average Bonchev–Trinajstić information content (AvgIpc) is 2.53. The third-order valence-corrected chi connectivity index (χ3v) is 3.42. The first-order valence-corrected chi connectivity index (χ1v) is 6.90. The summed E-state index contributed by atoms with van der Waals surface area (Å²) in [6.45, 7) is 4.09. The van der Waals surface area contributed by atoms with E-state index < -0.39 is 10.1 Å². The van der Waals surface area contributed by atoms with E-state index in [9.17, 15) is 8.42 Å². The Bertz CT molecular complexity index is 351. The normalized spacial score (nSPS) is 12.2. The molecule has 1 aromatic heterocycles. The van der Waals surface area contributed by atoms with Crippen molar-refractivity contribution < 1.29 is 12.6 Å². The van der Waals surface area contributed by atoms with Crippen molar-refractivity contribution in [1.82, 2.24) is 0 Å². The molecule has 0 N–H and O–H groups in total. The second-order valence-electron chi connectivity index (χ2n) is 3.51. The van der Waals surface area contributed by atoms with Crippen LogP contribution in [-0.2, 0) is 20.1 Å². The molecule has 0 saturated carbocycles. The second kappa shape index (κ2) is 4.91. The molecule has 0 amide bonds. The molecular weight excluding hydrogens is 220 g/mol. The fourth-order valence-corrected chi connectivity index (χ4v) is 2.79. The number of hydrogen-bond donors (Lipinski definition) is 0. The van der Waals surface area contributed by atoms with Gasteiger partial charge in [-0.05, 0) is 28.3 Å². The highest BCUT2D eigenvalue weighted by molar-refractivity contribution is 7.85. The third kappa shape index (κ3) is 4.21. The number of hydrogen-bond acceptors (Lipinski definition) is 4. The largest absolute Gasteiger partial charge is 0.271 e. The fourth-order valence-electron chi connectivity index (χ4n) is 0.860. The summed E-state index contributed by atoms with van der Waals surface area (Å²) in [5.74, 6) is 0.204. The van der Waals surface area contributed by atoms with E-state index in [2.05, 4.69) is 0 Å². The van der Waals surface area contributed by atoms with Crippen molar-refractivity contribution >= 4 is 21.5 Å². The molecule has 0 aliphatic carbocycles. The summed E-state index contributed by atoms with van der Waals surface area (Å²) in [5.41, 5.74) is 0.791. The zero-order valence-corrected chi connectivity index (χ0v) is 9.90. The Kier molecular flexibility index (Phi) is 4.10. The lowest BCUT2D eigenvalue weighted by molar-refractivity contribution is 0.274. The molecule has 1 heterocycles. The van der Waals surface area contributed by atoms with Gasteiger partial charge in [-0.25, -0.2) is 0 Å². The summed E-state index contributed by atoms with van der Waals surface area (Å²) >= 11 is 1.48. The first-order valence-electron chi connectivity index (χ1n) is 4.38. The van der Waals surface area contributed by atoms with E-state index in [0.717, 1.165) is 5.56 Å². The van der Waals surface area contributed by atoms with Crippen molar-refractivity contribution in [2.75, 3.05) is 6.61 Å². The van der Waals surface area contributed by atoms with Crippen molar-refractivity contribution in [2.24, 2.45) is 5.92 Å². The molecule has 0 spiro atoms. The van der Waals surface area contributed by atoms with Crippen LogP contribution in [0.1, 0.15) is 19.4 Å². The van der Waals surface area contributed by atoms with Crippen molar-refractivity contribution in [2.45, 2.75) is 19.6 Å². The van der Waals surface area contributed by atoms with Crippen LogP contribution in [0.5, 0.6) is 0 Å². The molecular formula is C9H14O3S2. The standard InChI is InChI=1S/C9H14O3S2/c1-8(2)5-12-14(10,11)7-9-3-4-13-6-9/h3-4,6,8H,5,7H2,1-2H3. The molecule has 0 aliphatic heterocycles. The van der Waals surface area contributed by atoms with Crippen molar-refractivity contribution in [3.05, 3.63) is 22.4 Å². The first-order chi connectivity index (χ1) is 6.49. The van der Waals surface area contributed by atoms with Crippen LogP contribution in [0.15, 0.2) is 16.8 Å². The molecule has 0 fully saturated rings. The molecule has 0 atom stereocenters. The summed E-state index contributed by atoms with van der Waals surface area (Å²) < 4.78 is 27.6. The average molecular weight is 234 g/mol. The van der Waals surface area contributed by atoms with Crippen LogP contribution in [-0.4, -0.2) is 15.0 Å². The minimum Gasteiger partial charge on any atom is -0.270 e. The minimum atomic E-state index is -3.39. The van der Waals surface area contributed by atoms with Crippen LogP contribution in [0.25, 0.3) is 0 Å². The smallest absolute Gasteiger partial charge is 0.270 e. The predicted octanol–water partition coefficient (Wildman–Crippen LogP) is 2.25. The van der Waals surface area contributed by atoms with E-state index in [1.165, 1.54) is 11.3 Å². The maximum atomic E-state index is 11.4. The van der Waals surface area contributed by atoms with Gasteiger partial charge in [0, 0.05) is 0 Å². The highest BCUT2D eigenvalue weighted by atomic mass is 32.2. The van der Waals surface area contributed by atoms with Gasteiger partial charge in [-0.3, -0.25) is 4.18 Å². The van der Waals surface area contributed by atoms with Gasteiger partial charge in [0.1, 0.15) is 5.75 Å². The van der Waals surface area contributed by atoms with E-state index in [1.807, 2.05) is 24.6 Å². The minimum absolute atomic E-state index is 0.0246. The van der Waals surface area contributed by atoms with E-state index in [0.29, 0.717) is 0 Å².